The predicted molar refractivity (Wildman–Crippen MR) is 103 cm³/mol. The van der Waals surface area contributed by atoms with E-state index in [1.807, 2.05) is 0 Å². The van der Waals surface area contributed by atoms with Crippen LogP contribution in [0.2, 0.25) is 5.02 Å². The van der Waals surface area contributed by atoms with Gasteiger partial charge in [0.05, 0.1) is 16.8 Å². The molecule has 3 rings (SSSR count). The van der Waals surface area contributed by atoms with Crippen LogP contribution in [0.4, 0.5) is 4.39 Å². The maximum atomic E-state index is 13.2. The van der Waals surface area contributed by atoms with Crippen molar-refractivity contribution >= 4 is 33.4 Å². The Bertz CT molecular complexity index is 872. The van der Waals surface area contributed by atoms with Crippen LogP contribution in [0.15, 0.2) is 18.2 Å². The molecular formula is C18H23ClFN3O4S. The molecule has 0 aliphatic carbocycles. The minimum absolute atomic E-state index is 0.0505. The van der Waals surface area contributed by atoms with Crippen LogP contribution >= 0.6 is 11.6 Å². The van der Waals surface area contributed by atoms with Crippen molar-refractivity contribution in [2.45, 2.75) is 25.3 Å². The normalized spacial score (nSPS) is 21.6. The molecular weight excluding hydrogens is 409 g/mol. The number of rotatable bonds is 3. The molecule has 1 aromatic rings. The molecule has 0 aromatic heterocycles. The lowest BCUT2D eigenvalue weighted by Crippen LogP contribution is -2.57. The fourth-order valence-corrected chi connectivity index (χ4v) is 5.09. The standard InChI is InChI=1S/C18H23ClFN3O4S/c1-28(26,27)23-7-3-2-4-16(23)18(25)22-10-8-21(9-11-22)17(24)14-6-5-13(20)12-15(14)19/h5-6,12,16H,2-4,7-11H2,1H3. The van der Waals surface area contributed by atoms with E-state index < -0.39 is 21.9 Å². The Morgan fingerprint density at radius 1 is 1.07 bits per heavy atom. The summed E-state index contributed by atoms with van der Waals surface area (Å²) in [5.74, 6) is -1.04. The monoisotopic (exact) mass is 431 g/mol. The number of piperazine rings is 1. The maximum Gasteiger partial charge on any atom is 0.255 e. The number of amides is 2. The molecule has 1 unspecified atom stereocenters. The molecule has 0 bridgehead atoms. The van der Waals surface area contributed by atoms with Gasteiger partial charge in [-0.25, -0.2) is 12.8 Å². The van der Waals surface area contributed by atoms with E-state index in [0.717, 1.165) is 25.2 Å². The van der Waals surface area contributed by atoms with Crippen molar-refractivity contribution in [2.24, 2.45) is 0 Å². The quantitative estimate of drug-likeness (QED) is 0.728. The minimum atomic E-state index is -3.45. The summed E-state index contributed by atoms with van der Waals surface area (Å²) in [7, 11) is -3.45. The Morgan fingerprint density at radius 2 is 1.71 bits per heavy atom. The fourth-order valence-electron chi connectivity index (χ4n) is 3.72. The van der Waals surface area contributed by atoms with Crippen LogP contribution in [0.25, 0.3) is 0 Å². The Labute approximate surface area is 169 Å². The van der Waals surface area contributed by atoms with Gasteiger partial charge in [-0.15, -0.1) is 0 Å². The molecule has 154 valence electrons. The number of benzene rings is 1. The number of carbonyl (C=O) groups excluding carboxylic acids is 2. The van der Waals surface area contributed by atoms with Gasteiger partial charge in [0.25, 0.3) is 5.91 Å². The number of halogens is 2. The molecule has 2 aliphatic heterocycles. The molecule has 1 atom stereocenters. The smallest absolute Gasteiger partial charge is 0.255 e. The first-order valence-electron chi connectivity index (χ1n) is 9.18. The predicted octanol–water partition coefficient (Wildman–Crippen LogP) is 1.58. The van der Waals surface area contributed by atoms with E-state index in [-0.39, 0.29) is 22.4 Å². The Balaban J connectivity index is 1.64. The van der Waals surface area contributed by atoms with Gasteiger partial charge in [0, 0.05) is 32.7 Å². The first-order valence-corrected chi connectivity index (χ1v) is 11.4. The zero-order chi connectivity index (χ0) is 20.5. The molecule has 2 aliphatic rings. The van der Waals surface area contributed by atoms with Gasteiger partial charge < -0.3 is 9.80 Å². The third-order valence-corrected chi connectivity index (χ3v) is 6.81. The topological polar surface area (TPSA) is 78.0 Å². The summed E-state index contributed by atoms with van der Waals surface area (Å²) in [5.41, 5.74) is 0.221. The van der Waals surface area contributed by atoms with Gasteiger partial charge in [0.2, 0.25) is 15.9 Å². The van der Waals surface area contributed by atoms with Crippen LogP contribution in [0.1, 0.15) is 29.6 Å². The second kappa shape index (κ2) is 8.34. The molecule has 7 nitrogen and oxygen atoms in total. The molecule has 10 heteroatoms. The van der Waals surface area contributed by atoms with Crippen LogP contribution in [-0.4, -0.2) is 79.4 Å². The summed E-state index contributed by atoms with van der Waals surface area (Å²) in [4.78, 5) is 28.7. The molecule has 0 saturated carbocycles. The van der Waals surface area contributed by atoms with Crippen LogP contribution < -0.4 is 0 Å². The first-order chi connectivity index (χ1) is 13.2. The van der Waals surface area contributed by atoms with E-state index in [9.17, 15) is 22.4 Å². The second-order valence-corrected chi connectivity index (χ2v) is 9.47. The fraction of sp³-hybridized carbons (Fsp3) is 0.556. The highest BCUT2D eigenvalue weighted by atomic mass is 35.5. The molecule has 1 aromatic carbocycles. The highest BCUT2D eigenvalue weighted by Gasteiger charge is 2.38. The number of carbonyl (C=O) groups is 2. The van der Waals surface area contributed by atoms with E-state index in [1.165, 1.54) is 16.4 Å². The highest BCUT2D eigenvalue weighted by molar-refractivity contribution is 7.88. The summed E-state index contributed by atoms with van der Waals surface area (Å²) in [6, 6.07) is 2.96. The Kier molecular flexibility index (Phi) is 6.26. The van der Waals surface area contributed by atoms with Crippen LogP contribution in [0.5, 0.6) is 0 Å². The van der Waals surface area contributed by atoms with Crippen molar-refractivity contribution in [1.29, 1.82) is 0 Å². The average molecular weight is 432 g/mol. The molecule has 2 heterocycles. The third kappa shape index (κ3) is 4.47. The highest BCUT2D eigenvalue weighted by Crippen LogP contribution is 2.23. The van der Waals surface area contributed by atoms with E-state index >= 15 is 0 Å². The minimum Gasteiger partial charge on any atom is -0.338 e. The van der Waals surface area contributed by atoms with Crippen LogP contribution in [0, 0.1) is 5.82 Å². The van der Waals surface area contributed by atoms with E-state index in [2.05, 4.69) is 0 Å². The van der Waals surface area contributed by atoms with Crippen LogP contribution in [0.3, 0.4) is 0 Å². The second-order valence-electron chi connectivity index (χ2n) is 7.13. The molecule has 0 spiro atoms. The van der Waals surface area contributed by atoms with Crippen molar-refractivity contribution in [1.82, 2.24) is 14.1 Å². The van der Waals surface area contributed by atoms with Crippen molar-refractivity contribution < 1.29 is 22.4 Å². The van der Waals surface area contributed by atoms with Crippen molar-refractivity contribution in [2.75, 3.05) is 39.0 Å². The largest absolute Gasteiger partial charge is 0.338 e. The number of sulfonamides is 1. The van der Waals surface area contributed by atoms with Gasteiger partial charge in [0.1, 0.15) is 11.9 Å². The first kappa shape index (κ1) is 21.0. The van der Waals surface area contributed by atoms with Gasteiger partial charge in [0.15, 0.2) is 0 Å². The molecule has 2 amide bonds. The number of piperidine rings is 1. The average Bonchev–Trinajstić information content (AvgIpc) is 2.66. The van der Waals surface area contributed by atoms with Gasteiger partial charge in [-0.05, 0) is 31.0 Å². The zero-order valence-electron chi connectivity index (χ0n) is 15.6. The number of hydrogen-bond donors (Lipinski definition) is 0. The van der Waals surface area contributed by atoms with Crippen molar-refractivity contribution in [3.8, 4) is 0 Å². The lowest BCUT2D eigenvalue weighted by molar-refractivity contribution is -0.137. The van der Waals surface area contributed by atoms with Gasteiger partial charge >= 0.3 is 0 Å². The maximum absolute atomic E-state index is 13.2. The summed E-state index contributed by atoms with van der Waals surface area (Å²) in [5, 5.41) is 0.0505. The Morgan fingerprint density at radius 3 is 2.32 bits per heavy atom. The van der Waals surface area contributed by atoms with E-state index in [1.54, 1.807) is 9.80 Å². The lowest BCUT2D eigenvalue weighted by Gasteiger charge is -2.40. The Hall–Kier alpha value is -1.71. The van der Waals surface area contributed by atoms with Gasteiger partial charge in [-0.1, -0.05) is 18.0 Å². The van der Waals surface area contributed by atoms with E-state index in [0.29, 0.717) is 39.1 Å². The third-order valence-electron chi connectivity index (χ3n) is 5.20. The lowest BCUT2D eigenvalue weighted by atomic mass is 10.0. The molecule has 2 fully saturated rings. The molecule has 0 N–H and O–H groups in total. The summed E-state index contributed by atoms with van der Waals surface area (Å²) in [6.45, 7) is 1.61. The number of hydrogen-bond acceptors (Lipinski definition) is 4. The molecule has 2 saturated heterocycles. The summed E-state index contributed by atoms with van der Waals surface area (Å²) >= 11 is 5.97. The SMILES string of the molecule is CS(=O)(=O)N1CCCCC1C(=O)N1CCN(C(=O)c2ccc(F)cc2Cl)CC1. The molecule has 28 heavy (non-hydrogen) atoms. The molecule has 0 radical (unpaired) electrons. The number of nitrogens with zero attached hydrogens (tertiary/aromatic N) is 3. The summed E-state index contributed by atoms with van der Waals surface area (Å²) in [6.07, 6.45) is 3.19. The van der Waals surface area contributed by atoms with Gasteiger partial charge in [-0.2, -0.15) is 4.31 Å². The van der Waals surface area contributed by atoms with Crippen LogP contribution in [-0.2, 0) is 14.8 Å². The zero-order valence-corrected chi connectivity index (χ0v) is 17.2. The van der Waals surface area contributed by atoms with Gasteiger partial charge in [-0.3, -0.25) is 9.59 Å². The van der Waals surface area contributed by atoms with Crippen molar-refractivity contribution in [3.05, 3.63) is 34.6 Å². The summed E-state index contributed by atoms with van der Waals surface area (Å²) < 4.78 is 38.5. The van der Waals surface area contributed by atoms with Crippen molar-refractivity contribution in [3.63, 3.8) is 0 Å². The van der Waals surface area contributed by atoms with E-state index in [4.69, 9.17) is 11.6 Å².